The van der Waals surface area contributed by atoms with Crippen LogP contribution in [0.15, 0.2) is 62.8 Å². The zero-order chi connectivity index (χ0) is 29.4. The molecule has 3 amide bonds. The lowest BCUT2D eigenvalue weighted by Gasteiger charge is -2.43. The molecule has 2 aliphatic carbocycles. The summed E-state index contributed by atoms with van der Waals surface area (Å²) in [5, 5.41) is 1.02. The number of piperidine rings is 1. The number of carbonyl (C=O) groups is 3. The molecule has 4 unspecified atom stereocenters. The third-order valence-electron chi connectivity index (χ3n) is 10.1. The first-order chi connectivity index (χ1) is 20.9. The number of amides is 3. The maximum Gasteiger partial charge on any atom is 0.305 e. The largest absolute Gasteiger partial charge is 0.484 e. The van der Waals surface area contributed by atoms with Gasteiger partial charge >= 0.3 is 4.87 Å². The number of fused-ring (bicyclic) bond motifs is 9. The number of imide groups is 1. The summed E-state index contributed by atoms with van der Waals surface area (Å²) >= 11 is 6.38. The van der Waals surface area contributed by atoms with E-state index in [0.717, 1.165) is 52.3 Å². The fraction of sp³-hybridized carbons (Fsp3) is 0.438. The molecule has 43 heavy (non-hydrogen) atoms. The minimum Gasteiger partial charge on any atom is -0.484 e. The Hall–Kier alpha value is -2.89. The number of hydrogen-bond acceptors (Lipinski definition) is 7. The summed E-state index contributed by atoms with van der Waals surface area (Å²) in [5.41, 5.74) is 1.68. The van der Waals surface area contributed by atoms with Crippen molar-refractivity contribution in [2.24, 2.45) is 29.6 Å². The fourth-order valence-corrected chi connectivity index (χ4v) is 11.5. The van der Waals surface area contributed by atoms with Gasteiger partial charge in [0.05, 0.1) is 22.5 Å². The number of likely N-dealkylation sites (tertiary alicyclic amines) is 1. The van der Waals surface area contributed by atoms with Gasteiger partial charge in [0.2, 0.25) is 11.8 Å². The van der Waals surface area contributed by atoms with Crippen molar-refractivity contribution >= 4 is 62.4 Å². The van der Waals surface area contributed by atoms with E-state index in [4.69, 9.17) is 4.74 Å². The van der Waals surface area contributed by atoms with Gasteiger partial charge < -0.3 is 14.6 Å². The summed E-state index contributed by atoms with van der Waals surface area (Å²) < 4.78 is 6.77. The molecule has 3 aromatic rings. The first kappa shape index (κ1) is 27.6. The third-order valence-corrected chi connectivity index (χ3v) is 13.2. The summed E-state index contributed by atoms with van der Waals surface area (Å²) in [7, 11) is 0. The van der Waals surface area contributed by atoms with Crippen LogP contribution in [0.3, 0.4) is 0 Å². The van der Waals surface area contributed by atoms with Crippen LogP contribution in [0.4, 0.5) is 5.69 Å². The van der Waals surface area contributed by atoms with Gasteiger partial charge in [0.25, 0.3) is 5.91 Å². The van der Waals surface area contributed by atoms with Crippen LogP contribution in [-0.4, -0.2) is 52.6 Å². The molecule has 0 radical (unpaired) electrons. The second-order valence-corrected chi connectivity index (χ2v) is 15.4. The number of hydrogen-bond donors (Lipinski definition) is 1. The number of benzene rings is 2. The van der Waals surface area contributed by atoms with E-state index in [1.54, 1.807) is 11.8 Å². The number of rotatable bonds is 5. The molecule has 8 rings (SSSR count). The van der Waals surface area contributed by atoms with E-state index in [-0.39, 0.29) is 70.0 Å². The second-order valence-electron chi connectivity index (χ2n) is 12.2. The highest BCUT2D eigenvalue weighted by molar-refractivity contribution is 9.10. The zero-order valence-electron chi connectivity index (χ0n) is 23.2. The van der Waals surface area contributed by atoms with Crippen molar-refractivity contribution < 1.29 is 19.1 Å². The molecule has 222 valence electrons. The lowest BCUT2D eigenvalue weighted by atomic mass is 9.68. The normalized spacial score (nSPS) is 30.8. The first-order valence-corrected chi connectivity index (χ1v) is 17.4. The maximum absolute atomic E-state index is 13.9. The van der Waals surface area contributed by atoms with Gasteiger partial charge in [0.15, 0.2) is 6.61 Å². The van der Waals surface area contributed by atoms with Crippen molar-refractivity contribution in [3.05, 3.63) is 73.1 Å². The van der Waals surface area contributed by atoms with Crippen molar-refractivity contribution in [1.82, 2.24) is 9.88 Å². The van der Waals surface area contributed by atoms with Gasteiger partial charge in [-0.1, -0.05) is 39.4 Å². The van der Waals surface area contributed by atoms with Crippen LogP contribution in [-0.2, 0) is 14.4 Å². The van der Waals surface area contributed by atoms with Gasteiger partial charge in [-0.25, -0.2) is 0 Å². The highest BCUT2D eigenvalue weighted by Crippen LogP contribution is 2.68. The summed E-state index contributed by atoms with van der Waals surface area (Å²) in [6.07, 6.45) is 4.10. The van der Waals surface area contributed by atoms with E-state index >= 15 is 0 Å². The molecule has 2 saturated carbocycles. The number of thioether (sulfide) groups is 1. The summed E-state index contributed by atoms with van der Waals surface area (Å²) in [5.74, 6) is -0.00825. The van der Waals surface area contributed by atoms with E-state index < -0.39 is 0 Å². The Morgan fingerprint density at radius 3 is 2.35 bits per heavy atom. The van der Waals surface area contributed by atoms with Crippen molar-refractivity contribution in [2.45, 2.75) is 41.9 Å². The van der Waals surface area contributed by atoms with E-state index in [1.807, 2.05) is 53.4 Å². The highest BCUT2D eigenvalue weighted by atomic mass is 79.9. The Morgan fingerprint density at radius 1 is 0.930 bits per heavy atom. The maximum atomic E-state index is 13.9. The fourth-order valence-electron chi connectivity index (χ4n) is 8.39. The molecule has 0 spiro atoms. The van der Waals surface area contributed by atoms with Crippen molar-refractivity contribution in [3.63, 3.8) is 0 Å². The van der Waals surface area contributed by atoms with Crippen molar-refractivity contribution in [3.8, 4) is 5.75 Å². The molecule has 3 aliphatic heterocycles. The average Bonchev–Trinajstić information content (AvgIpc) is 3.76. The van der Waals surface area contributed by atoms with Gasteiger partial charge in [-0.05, 0) is 85.4 Å². The number of H-pyrrole nitrogens is 1. The van der Waals surface area contributed by atoms with Crippen LogP contribution in [0.5, 0.6) is 5.75 Å². The van der Waals surface area contributed by atoms with Crippen LogP contribution in [0, 0.1) is 29.6 Å². The Labute approximate surface area is 265 Å². The smallest absolute Gasteiger partial charge is 0.305 e. The van der Waals surface area contributed by atoms with Crippen LogP contribution >= 0.6 is 39.0 Å². The predicted octanol–water partition coefficient (Wildman–Crippen LogP) is 5.27. The van der Waals surface area contributed by atoms with Crippen LogP contribution in [0.2, 0.25) is 0 Å². The lowest BCUT2D eigenvalue weighted by Crippen LogP contribution is -2.42. The van der Waals surface area contributed by atoms with Crippen LogP contribution in [0.1, 0.15) is 42.0 Å². The van der Waals surface area contributed by atoms with Gasteiger partial charge in [-0.15, -0.1) is 11.8 Å². The van der Waals surface area contributed by atoms with Crippen LogP contribution < -0.4 is 14.5 Å². The number of anilines is 1. The summed E-state index contributed by atoms with van der Waals surface area (Å²) in [6.45, 7) is 1.61. The molecule has 4 fully saturated rings. The summed E-state index contributed by atoms with van der Waals surface area (Å²) in [4.78, 5) is 60.1. The monoisotopic (exact) mass is 679 g/mol. The molecule has 1 aromatic heterocycles. The van der Waals surface area contributed by atoms with E-state index in [1.165, 1.54) is 22.7 Å². The summed E-state index contributed by atoms with van der Waals surface area (Å²) in [6, 6.07) is 15.2. The number of thiazole rings is 1. The average molecular weight is 681 g/mol. The molecule has 8 nitrogen and oxygen atoms in total. The quantitative estimate of drug-likeness (QED) is 0.369. The van der Waals surface area contributed by atoms with Crippen molar-refractivity contribution in [2.75, 3.05) is 24.6 Å². The number of nitrogens with zero attached hydrogens (tertiary/aromatic N) is 2. The minimum atomic E-state index is -0.342. The molecular weight excluding hydrogens is 650 g/mol. The second kappa shape index (κ2) is 10.6. The standard InChI is InChI=1S/C32H30BrN3O5S2/c33-17-6-8-18(9-7-17)36-30(38)25-20-14-21(26(25)31(36)39)27-24(20)23(28-29(42-27)34-32(40)43-28)16-4-10-19(11-5-16)41-15-22(37)35-12-2-1-3-13-35/h4-11,20-21,23-27H,1-3,12-15H2,(H,34,40)/t20-,21-,23-,24?,25?,26?,27?/m1/s1. The number of aromatic nitrogens is 1. The van der Waals surface area contributed by atoms with Gasteiger partial charge in [-0.3, -0.25) is 24.1 Å². The van der Waals surface area contributed by atoms with Gasteiger partial charge in [0, 0.05) is 33.6 Å². The number of aromatic amines is 1. The molecular formula is C32H30BrN3O5S2. The lowest BCUT2D eigenvalue weighted by molar-refractivity contribution is -0.134. The zero-order valence-corrected chi connectivity index (χ0v) is 26.5. The third kappa shape index (κ3) is 4.44. The SMILES string of the molecule is O=C(COc1ccc([C@H]2c3sc(=O)[nH]c3SC3C2[C@H]2C[C@@H]3C3C(=O)N(c4ccc(Br)cc4)C(=O)C32)cc1)N1CCCCC1. The molecule has 2 aromatic carbocycles. The Balaban J connectivity index is 1.08. The molecule has 11 heteroatoms. The molecule has 7 atom stereocenters. The van der Waals surface area contributed by atoms with E-state index in [2.05, 4.69) is 20.9 Å². The van der Waals surface area contributed by atoms with Gasteiger partial charge in [-0.2, -0.15) is 0 Å². The molecule has 1 N–H and O–H groups in total. The predicted molar refractivity (Wildman–Crippen MR) is 167 cm³/mol. The number of ether oxygens (including phenoxy) is 1. The minimum absolute atomic E-state index is 0.0159. The molecule has 4 heterocycles. The topological polar surface area (TPSA) is 99.8 Å². The Morgan fingerprint density at radius 2 is 1.63 bits per heavy atom. The highest BCUT2D eigenvalue weighted by Gasteiger charge is 2.69. The van der Waals surface area contributed by atoms with E-state index in [0.29, 0.717) is 11.4 Å². The number of nitrogens with one attached hydrogen (secondary N) is 1. The Kier molecular flexibility index (Phi) is 6.83. The molecule has 5 aliphatic rings. The first-order valence-electron chi connectivity index (χ1n) is 14.9. The van der Waals surface area contributed by atoms with Gasteiger partial charge in [0.1, 0.15) is 5.75 Å². The van der Waals surface area contributed by atoms with E-state index in [9.17, 15) is 19.2 Å². The number of halogens is 1. The molecule has 2 saturated heterocycles. The number of carbonyl (C=O) groups excluding carboxylic acids is 3. The van der Waals surface area contributed by atoms with Crippen molar-refractivity contribution in [1.29, 1.82) is 0 Å². The van der Waals surface area contributed by atoms with Crippen LogP contribution in [0.25, 0.3) is 0 Å². The Bertz CT molecular complexity index is 1670. The molecule has 2 bridgehead atoms.